The number of aromatic nitrogens is 1. The van der Waals surface area contributed by atoms with Gasteiger partial charge in [0, 0.05) is 22.4 Å². The van der Waals surface area contributed by atoms with Crippen LogP contribution in [0, 0.1) is 0 Å². The van der Waals surface area contributed by atoms with Crippen LogP contribution in [0.2, 0.25) is 0 Å². The van der Waals surface area contributed by atoms with E-state index in [-0.39, 0.29) is 5.75 Å². The number of hydrogen-bond donors (Lipinski definition) is 1. The molecule has 0 amide bonds. The fourth-order valence-corrected chi connectivity index (χ4v) is 2.29. The number of methoxy groups -OCH3 is 1. The van der Waals surface area contributed by atoms with Gasteiger partial charge in [-0.3, -0.25) is 0 Å². The number of phenols is 1. The number of rotatable bonds is 4. The van der Waals surface area contributed by atoms with E-state index in [1.54, 1.807) is 37.2 Å². The van der Waals surface area contributed by atoms with Crippen LogP contribution in [-0.4, -0.2) is 17.2 Å². The Hall–Kier alpha value is -1.68. The maximum atomic E-state index is 9.18. The van der Waals surface area contributed by atoms with Crippen LogP contribution in [0.4, 0.5) is 0 Å². The quantitative estimate of drug-likeness (QED) is 0.843. The molecule has 0 bridgehead atoms. The summed E-state index contributed by atoms with van der Waals surface area (Å²) >= 11 is 1.68. The number of aromatic hydroxyl groups is 1. The van der Waals surface area contributed by atoms with E-state index in [0.717, 1.165) is 16.2 Å². The van der Waals surface area contributed by atoms with Gasteiger partial charge in [-0.05, 0) is 30.3 Å². The van der Waals surface area contributed by atoms with Crippen LogP contribution in [0.15, 0.2) is 47.5 Å². The molecule has 2 rings (SSSR count). The topological polar surface area (TPSA) is 42.4 Å². The lowest BCUT2D eigenvalue weighted by Crippen LogP contribution is -1.92. The van der Waals surface area contributed by atoms with Crippen molar-refractivity contribution in [1.29, 1.82) is 0 Å². The average Bonchev–Trinajstić information content (AvgIpc) is 2.38. The van der Waals surface area contributed by atoms with E-state index < -0.39 is 0 Å². The van der Waals surface area contributed by atoms with Gasteiger partial charge in [0.1, 0.15) is 5.75 Å². The molecule has 1 N–H and O–H groups in total. The number of pyridine rings is 1. The molecule has 0 fully saturated rings. The number of benzene rings is 1. The van der Waals surface area contributed by atoms with Gasteiger partial charge in [-0.15, -0.1) is 11.8 Å². The van der Waals surface area contributed by atoms with Crippen molar-refractivity contribution in [3.63, 3.8) is 0 Å². The van der Waals surface area contributed by atoms with Gasteiger partial charge in [-0.1, -0.05) is 6.07 Å². The van der Waals surface area contributed by atoms with E-state index >= 15 is 0 Å². The van der Waals surface area contributed by atoms with Crippen LogP contribution >= 0.6 is 11.8 Å². The van der Waals surface area contributed by atoms with Gasteiger partial charge >= 0.3 is 0 Å². The van der Waals surface area contributed by atoms with Gasteiger partial charge in [0.2, 0.25) is 5.88 Å². The number of nitrogens with zero attached hydrogens (tertiary/aromatic N) is 1. The largest absolute Gasteiger partial charge is 0.508 e. The zero-order chi connectivity index (χ0) is 12.1. The van der Waals surface area contributed by atoms with E-state index in [9.17, 15) is 5.11 Å². The Morgan fingerprint density at radius 2 is 2.00 bits per heavy atom. The van der Waals surface area contributed by atoms with Crippen molar-refractivity contribution >= 4 is 11.8 Å². The second kappa shape index (κ2) is 5.59. The Balaban J connectivity index is 2.04. The smallest absolute Gasteiger partial charge is 0.217 e. The molecule has 0 unspecified atom stereocenters. The van der Waals surface area contributed by atoms with Crippen molar-refractivity contribution < 1.29 is 9.84 Å². The number of ether oxygens (including phenoxy) is 1. The lowest BCUT2D eigenvalue weighted by atomic mass is 10.3. The highest BCUT2D eigenvalue weighted by molar-refractivity contribution is 7.98. The Labute approximate surface area is 104 Å². The SMILES string of the molecule is COc1ncccc1CSc1ccc(O)cc1. The molecule has 2 aromatic rings. The van der Waals surface area contributed by atoms with Crippen molar-refractivity contribution in [3.05, 3.63) is 48.2 Å². The Morgan fingerprint density at radius 1 is 1.24 bits per heavy atom. The van der Waals surface area contributed by atoms with Crippen LogP contribution in [0.3, 0.4) is 0 Å². The highest BCUT2D eigenvalue weighted by atomic mass is 32.2. The molecule has 0 atom stereocenters. The van der Waals surface area contributed by atoms with Crippen LogP contribution in [0.1, 0.15) is 5.56 Å². The fraction of sp³-hybridized carbons (Fsp3) is 0.154. The number of phenolic OH excluding ortho intramolecular Hbond substituents is 1. The third-order valence-electron chi connectivity index (χ3n) is 2.27. The van der Waals surface area contributed by atoms with Crippen LogP contribution in [0.5, 0.6) is 11.6 Å². The molecule has 0 saturated heterocycles. The Morgan fingerprint density at radius 3 is 2.71 bits per heavy atom. The van der Waals surface area contributed by atoms with E-state index in [4.69, 9.17) is 4.74 Å². The summed E-state index contributed by atoms with van der Waals surface area (Å²) in [5.74, 6) is 1.74. The Kier molecular flexibility index (Phi) is 3.88. The maximum absolute atomic E-state index is 9.18. The van der Waals surface area contributed by atoms with E-state index in [1.165, 1.54) is 0 Å². The lowest BCUT2D eigenvalue weighted by molar-refractivity contribution is 0.394. The second-order valence-corrected chi connectivity index (χ2v) is 4.50. The first kappa shape index (κ1) is 11.8. The van der Waals surface area contributed by atoms with Gasteiger partial charge in [0.25, 0.3) is 0 Å². The zero-order valence-electron chi connectivity index (χ0n) is 9.46. The fourth-order valence-electron chi connectivity index (χ4n) is 1.42. The van der Waals surface area contributed by atoms with Gasteiger partial charge in [-0.2, -0.15) is 0 Å². The first-order chi connectivity index (χ1) is 8.29. The molecule has 4 heteroatoms. The normalized spacial score (nSPS) is 10.2. The van der Waals surface area contributed by atoms with E-state index in [1.807, 2.05) is 24.3 Å². The Bertz CT molecular complexity index is 485. The highest BCUT2D eigenvalue weighted by Gasteiger charge is 2.03. The minimum Gasteiger partial charge on any atom is -0.508 e. The van der Waals surface area contributed by atoms with Crippen LogP contribution in [0.25, 0.3) is 0 Å². The van der Waals surface area contributed by atoms with Crippen LogP contribution in [-0.2, 0) is 5.75 Å². The first-order valence-electron chi connectivity index (χ1n) is 5.19. The summed E-state index contributed by atoms with van der Waals surface area (Å²) in [5.41, 5.74) is 1.06. The molecule has 17 heavy (non-hydrogen) atoms. The van der Waals surface area contributed by atoms with Gasteiger partial charge in [-0.25, -0.2) is 4.98 Å². The molecule has 0 saturated carbocycles. The minimum absolute atomic E-state index is 0.285. The molecule has 88 valence electrons. The molecule has 1 aromatic carbocycles. The van der Waals surface area contributed by atoms with Gasteiger partial charge < -0.3 is 9.84 Å². The summed E-state index contributed by atoms with van der Waals surface area (Å²) in [5, 5.41) is 9.18. The van der Waals surface area contributed by atoms with Crippen molar-refractivity contribution in [3.8, 4) is 11.6 Å². The second-order valence-electron chi connectivity index (χ2n) is 3.45. The summed E-state index contributed by atoms with van der Waals surface area (Å²) in [7, 11) is 1.62. The average molecular weight is 247 g/mol. The summed E-state index contributed by atoms with van der Waals surface area (Å²) in [6.07, 6.45) is 1.72. The molecule has 1 heterocycles. The molecular formula is C13H13NO2S. The molecule has 0 aliphatic heterocycles. The third kappa shape index (κ3) is 3.14. The minimum atomic E-state index is 0.285. The third-order valence-corrected chi connectivity index (χ3v) is 3.34. The van der Waals surface area contributed by atoms with Crippen molar-refractivity contribution in [1.82, 2.24) is 4.98 Å². The maximum Gasteiger partial charge on any atom is 0.217 e. The lowest BCUT2D eigenvalue weighted by Gasteiger charge is -2.06. The monoisotopic (exact) mass is 247 g/mol. The number of hydrogen-bond acceptors (Lipinski definition) is 4. The summed E-state index contributed by atoms with van der Waals surface area (Å²) < 4.78 is 5.19. The van der Waals surface area contributed by atoms with Crippen molar-refractivity contribution in [2.75, 3.05) is 7.11 Å². The summed E-state index contributed by atoms with van der Waals surface area (Å²) in [6, 6.07) is 11.0. The predicted molar refractivity (Wildman–Crippen MR) is 68.5 cm³/mol. The molecule has 1 aromatic heterocycles. The first-order valence-corrected chi connectivity index (χ1v) is 6.18. The van der Waals surface area contributed by atoms with E-state index in [2.05, 4.69) is 4.98 Å². The van der Waals surface area contributed by atoms with Crippen molar-refractivity contribution in [2.45, 2.75) is 10.6 Å². The summed E-state index contributed by atoms with van der Waals surface area (Å²) in [4.78, 5) is 5.25. The van der Waals surface area contributed by atoms with Gasteiger partial charge in [0.05, 0.1) is 7.11 Å². The molecule has 0 aliphatic carbocycles. The molecular weight excluding hydrogens is 234 g/mol. The van der Waals surface area contributed by atoms with E-state index in [0.29, 0.717) is 5.88 Å². The number of thioether (sulfide) groups is 1. The van der Waals surface area contributed by atoms with Crippen LogP contribution < -0.4 is 4.74 Å². The highest BCUT2D eigenvalue weighted by Crippen LogP contribution is 2.27. The predicted octanol–water partition coefficient (Wildman–Crippen LogP) is 3.09. The summed E-state index contributed by atoms with van der Waals surface area (Å²) in [6.45, 7) is 0. The molecule has 3 nitrogen and oxygen atoms in total. The molecule has 0 aliphatic rings. The van der Waals surface area contributed by atoms with Crippen molar-refractivity contribution in [2.24, 2.45) is 0 Å². The molecule has 0 radical (unpaired) electrons. The zero-order valence-corrected chi connectivity index (χ0v) is 10.3. The van der Waals surface area contributed by atoms with Gasteiger partial charge in [0.15, 0.2) is 0 Å². The molecule has 0 spiro atoms. The standard InChI is InChI=1S/C13H13NO2S/c1-16-13-10(3-2-8-14-13)9-17-12-6-4-11(15)5-7-12/h2-8,15H,9H2,1H3.